The van der Waals surface area contributed by atoms with Crippen LogP contribution in [0.5, 0.6) is 0 Å². The first-order chi connectivity index (χ1) is 15.7. The lowest BCUT2D eigenvalue weighted by atomic mass is 10.1. The van der Waals surface area contributed by atoms with Crippen LogP contribution in [0.1, 0.15) is 35.1 Å². The average Bonchev–Trinajstić information content (AvgIpc) is 3.52. The summed E-state index contributed by atoms with van der Waals surface area (Å²) < 4.78 is 2.94. The topological polar surface area (TPSA) is 66.6 Å². The molecule has 0 radical (unpaired) electrons. The molecule has 2 aromatic carbocycles. The molecule has 2 N–H and O–H groups in total. The highest BCUT2D eigenvalue weighted by atomic mass is 79.9. The van der Waals surface area contributed by atoms with Crippen molar-refractivity contribution in [3.8, 4) is 0 Å². The van der Waals surface area contributed by atoms with Crippen LogP contribution in [0.25, 0.3) is 5.65 Å². The lowest BCUT2D eigenvalue weighted by Crippen LogP contribution is -2.10. The fourth-order valence-corrected chi connectivity index (χ4v) is 3.97. The third-order valence-corrected chi connectivity index (χ3v) is 6.37. The van der Waals surface area contributed by atoms with Crippen LogP contribution in [-0.2, 0) is 13.1 Å². The maximum Gasteiger partial charge on any atom is 0.168 e. The summed E-state index contributed by atoms with van der Waals surface area (Å²) in [6, 6.07) is 19.1. The molecule has 0 aliphatic heterocycles. The van der Waals surface area contributed by atoms with Crippen LogP contribution in [0.3, 0.4) is 0 Å². The van der Waals surface area contributed by atoms with E-state index in [1.165, 1.54) is 24.0 Å². The van der Waals surface area contributed by atoms with Gasteiger partial charge in [0.05, 0.1) is 18.3 Å². The quantitative estimate of drug-likeness (QED) is 0.316. The summed E-state index contributed by atoms with van der Waals surface area (Å²) >= 11 is 3.59. The fraction of sp³-hybridized carbons (Fsp3) is 0.240. The van der Waals surface area contributed by atoms with Crippen molar-refractivity contribution in [1.29, 1.82) is 0 Å². The molecule has 1 fully saturated rings. The number of aliphatic imine (C=N–C) groups is 1. The van der Waals surface area contributed by atoms with E-state index in [0.29, 0.717) is 12.6 Å². The molecule has 162 valence electrons. The average molecular weight is 489 g/mol. The van der Waals surface area contributed by atoms with Gasteiger partial charge in [-0.05, 0) is 42.5 Å². The van der Waals surface area contributed by atoms with Crippen LogP contribution in [0, 0.1) is 6.92 Å². The molecule has 0 saturated heterocycles. The maximum atomic E-state index is 4.86. The monoisotopic (exact) mass is 488 g/mol. The third-order valence-electron chi connectivity index (χ3n) is 5.60. The number of halogens is 1. The summed E-state index contributed by atoms with van der Waals surface area (Å²) in [5.41, 5.74) is 5.36. The Morgan fingerprint density at radius 1 is 1.12 bits per heavy atom. The normalized spacial score (nSPS) is 13.7. The van der Waals surface area contributed by atoms with Crippen molar-refractivity contribution < 1.29 is 0 Å². The minimum absolute atomic E-state index is 0.515. The molecule has 0 bridgehead atoms. The van der Waals surface area contributed by atoms with Crippen LogP contribution in [0.2, 0.25) is 0 Å². The number of aromatic nitrogens is 3. The molecular formula is C25H25BrN6. The van der Waals surface area contributed by atoms with Gasteiger partial charge in [-0.2, -0.15) is 9.61 Å². The van der Waals surface area contributed by atoms with E-state index in [2.05, 4.69) is 73.9 Å². The Morgan fingerprint density at radius 3 is 2.69 bits per heavy atom. The number of fused-ring (bicyclic) bond motifs is 1. The summed E-state index contributed by atoms with van der Waals surface area (Å²) in [6.45, 7) is 3.44. The number of hydrogen-bond acceptors (Lipinski definition) is 5. The largest absolute Gasteiger partial charge is 0.367 e. The van der Waals surface area contributed by atoms with Crippen molar-refractivity contribution in [3.05, 3.63) is 87.5 Å². The third kappa shape index (κ3) is 4.67. The number of rotatable bonds is 8. The first kappa shape index (κ1) is 20.7. The Balaban J connectivity index is 1.42. The van der Waals surface area contributed by atoms with E-state index in [0.717, 1.165) is 39.4 Å². The van der Waals surface area contributed by atoms with E-state index in [1.807, 2.05) is 41.2 Å². The molecule has 2 aromatic heterocycles. The van der Waals surface area contributed by atoms with E-state index in [-0.39, 0.29) is 0 Å². The number of nitrogens with one attached hydrogen (secondary N) is 2. The first-order valence-electron chi connectivity index (χ1n) is 10.8. The summed E-state index contributed by atoms with van der Waals surface area (Å²) in [5, 5.41) is 11.7. The zero-order valence-electron chi connectivity index (χ0n) is 17.9. The molecule has 0 atom stereocenters. The number of hydrogen-bond donors (Lipinski definition) is 2. The predicted molar refractivity (Wildman–Crippen MR) is 134 cm³/mol. The standard InChI is InChI=1S/C25H25BrN6/c1-17-6-2-3-7-18(17)15-28-23-12-24(30-21-10-11-21)32-25(31-23)20(16-29-32)14-27-13-19-8-4-5-9-22(19)26/h2-9,12,14,16,21,30H,10-11,13,15H2,1H3,(H,28,31). The minimum atomic E-state index is 0.515. The Labute approximate surface area is 195 Å². The fourth-order valence-electron chi connectivity index (χ4n) is 3.56. The molecule has 7 heteroatoms. The highest BCUT2D eigenvalue weighted by Crippen LogP contribution is 2.27. The minimum Gasteiger partial charge on any atom is -0.367 e. The van der Waals surface area contributed by atoms with E-state index in [1.54, 1.807) is 0 Å². The van der Waals surface area contributed by atoms with E-state index in [4.69, 9.17) is 4.98 Å². The highest BCUT2D eigenvalue weighted by Gasteiger charge is 2.23. The van der Waals surface area contributed by atoms with Gasteiger partial charge in [0.2, 0.25) is 0 Å². The van der Waals surface area contributed by atoms with Crippen LogP contribution in [0.15, 0.2) is 70.3 Å². The van der Waals surface area contributed by atoms with Crippen molar-refractivity contribution in [2.75, 3.05) is 10.6 Å². The Morgan fingerprint density at radius 2 is 1.91 bits per heavy atom. The van der Waals surface area contributed by atoms with Gasteiger partial charge in [0.15, 0.2) is 5.65 Å². The SMILES string of the molecule is Cc1ccccc1CNc1cc(NC2CC2)n2ncc(C=NCc3ccccc3Br)c2n1. The van der Waals surface area contributed by atoms with Gasteiger partial charge in [0, 0.05) is 29.3 Å². The maximum absolute atomic E-state index is 4.86. The van der Waals surface area contributed by atoms with Crippen LogP contribution in [-0.4, -0.2) is 26.9 Å². The molecule has 2 heterocycles. The first-order valence-corrected chi connectivity index (χ1v) is 11.6. The number of aryl methyl sites for hydroxylation is 1. The molecular weight excluding hydrogens is 464 g/mol. The second-order valence-electron chi connectivity index (χ2n) is 8.12. The van der Waals surface area contributed by atoms with Gasteiger partial charge in [0.1, 0.15) is 11.6 Å². The van der Waals surface area contributed by atoms with Crippen LogP contribution < -0.4 is 10.6 Å². The molecule has 32 heavy (non-hydrogen) atoms. The van der Waals surface area contributed by atoms with E-state index >= 15 is 0 Å². The lowest BCUT2D eigenvalue weighted by molar-refractivity contribution is 0.922. The highest BCUT2D eigenvalue weighted by molar-refractivity contribution is 9.10. The number of nitrogens with zero attached hydrogens (tertiary/aromatic N) is 4. The van der Waals surface area contributed by atoms with E-state index in [9.17, 15) is 0 Å². The molecule has 1 saturated carbocycles. The second kappa shape index (κ2) is 9.12. The van der Waals surface area contributed by atoms with Gasteiger partial charge in [-0.1, -0.05) is 58.4 Å². The summed E-state index contributed by atoms with van der Waals surface area (Å²) in [4.78, 5) is 9.50. The van der Waals surface area contributed by atoms with Crippen molar-refractivity contribution in [1.82, 2.24) is 14.6 Å². The van der Waals surface area contributed by atoms with Crippen molar-refractivity contribution >= 4 is 39.4 Å². The predicted octanol–water partition coefficient (Wildman–Crippen LogP) is 5.61. The van der Waals surface area contributed by atoms with Gasteiger partial charge >= 0.3 is 0 Å². The van der Waals surface area contributed by atoms with Gasteiger partial charge in [0.25, 0.3) is 0 Å². The Hall–Kier alpha value is -3.19. The van der Waals surface area contributed by atoms with Gasteiger partial charge in [-0.3, -0.25) is 4.99 Å². The molecule has 5 rings (SSSR count). The zero-order chi connectivity index (χ0) is 21.9. The summed E-state index contributed by atoms with van der Waals surface area (Å²) in [7, 11) is 0. The van der Waals surface area contributed by atoms with Crippen molar-refractivity contribution in [2.45, 2.75) is 38.9 Å². The van der Waals surface area contributed by atoms with Crippen molar-refractivity contribution in [3.63, 3.8) is 0 Å². The summed E-state index contributed by atoms with van der Waals surface area (Å²) in [5.74, 6) is 1.78. The number of benzene rings is 2. The molecule has 0 unspecified atom stereocenters. The van der Waals surface area contributed by atoms with E-state index < -0.39 is 0 Å². The molecule has 1 aliphatic rings. The Kier molecular flexibility index (Phi) is 5.90. The lowest BCUT2D eigenvalue weighted by Gasteiger charge is -2.12. The van der Waals surface area contributed by atoms with Gasteiger partial charge < -0.3 is 10.6 Å². The smallest absolute Gasteiger partial charge is 0.168 e. The van der Waals surface area contributed by atoms with Crippen LogP contribution >= 0.6 is 15.9 Å². The molecule has 4 aromatic rings. The molecule has 6 nitrogen and oxygen atoms in total. The molecule has 0 amide bonds. The second-order valence-corrected chi connectivity index (χ2v) is 8.98. The van der Waals surface area contributed by atoms with Crippen LogP contribution in [0.4, 0.5) is 11.6 Å². The number of anilines is 2. The molecule has 0 spiro atoms. The summed E-state index contributed by atoms with van der Waals surface area (Å²) in [6.07, 6.45) is 6.07. The van der Waals surface area contributed by atoms with Gasteiger partial charge in [-0.15, -0.1) is 0 Å². The molecule has 1 aliphatic carbocycles. The Bertz CT molecular complexity index is 1270. The van der Waals surface area contributed by atoms with Gasteiger partial charge in [-0.25, -0.2) is 4.98 Å². The zero-order valence-corrected chi connectivity index (χ0v) is 19.5. The van der Waals surface area contributed by atoms with Crippen molar-refractivity contribution in [2.24, 2.45) is 4.99 Å².